The number of nitrogens with one attached hydrogen (secondary N) is 1. The fraction of sp³-hybridized carbons (Fsp3) is 0.263. The largest absolute Gasteiger partial charge is 0.338 e. The highest BCUT2D eigenvalue weighted by atomic mass is 35.5. The maximum atomic E-state index is 13.0. The van der Waals surface area contributed by atoms with Gasteiger partial charge in [-0.15, -0.1) is 0 Å². The molecule has 1 aliphatic rings. The van der Waals surface area contributed by atoms with E-state index < -0.39 is 5.92 Å². The monoisotopic (exact) mass is 360 g/mol. The lowest BCUT2D eigenvalue weighted by Gasteiger charge is -2.17. The summed E-state index contributed by atoms with van der Waals surface area (Å²) in [6.07, 6.45) is 0.173. The SMILES string of the molecule is Cc1ccc(NC(=O)C2CC(=O)N(Cc3ccc(F)cc3)C2)cc1Cl. The standard InChI is InChI=1S/C19H18ClFN2O2/c1-12-2-7-16(9-17(12)20)22-19(25)14-8-18(24)23(11-14)10-13-3-5-15(21)6-4-13/h2-7,9,14H,8,10-11H2,1H3,(H,22,25). The summed E-state index contributed by atoms with van der Waals surface area (Å²) >= 11 is 6.06. The fourth-order valence-electron chi connectivity index (χ4n) is 2.83. The summed E-state index contributed by atoms with van der Waals surface area (Å²) in [6.45, 7) is 2.61. The highest BCUT2D eigenvalue weighted by Gasteiger charge is 2.34. The van der Waals surface area contributed by atoms with Gasteiger partial charge in [-0.05, 0) is 42.3 Å². The van der Waals surface area contributed by atoms with Crippen molar-refractivity contribution in [2.24, 2.45) is 5.92 Å². The van der Waals surface area contributed by atoms with Crippen LogP contribution in [0.15, 0.2) is 42.5 Å². The van der Waals surface area contributed by atoms with Crippen LogP contribution in [-0.4, -0.2) is 23.3 Å². The highest BCUT2D eigenvalue weighted by molar-refractivity contribution is 6.31. The van der Waals surface area contributed by atoms with Crippen LogP contribution in [0.5, 0.6) is 0 Å². The van der Waals surface area contributed by atoms with Crippen molar-refractivity contribution in [2.75, 3.05) is 11.9 Å². The number of carbonyl (C=O) groups excluding carboxylic acids is 2. The molecule has 0 spiro atoms. The zero-order valence-electron chi connectivity index (χ0n) is 13.8. The normalized spacial score (nSPS) is 17.0. The number of carbonyl (C=O) groups is 2. The molecule has 1 aliphatic heterocycles. The second kappa shape index (κ2) is 7.23. The smallest absolute Gasteiger partial charge is 0.229 e. The average molecular weight is 361 g/mol. The van der Waals surface area contributed by atoms with Gasteiger partial charge in [0.2, 0.25) is 11.8 Å². The number of aryl methyl sites for hydroxylation is 1. The molecule has 1 atom stereocenters. The van der Waals surface area contributed by atoms with Gasteiger partial charge in [0.25, 0.3) is 0 Å². The molecule has 2 amide bonds. The molecule has 0 radical (unpaired) electrons. The first-order chi connectivity index (χ1) is 11.9. The minimum Gasteiger partial charge on any atom is -0.338 e. The average Bonchev–Trinajstić information content (AvgIpc) is 2.94. The van der Waals surface area contributed by atoms with E-state index >= 15 is 0 Å². The summed E-state index contributed by atoms with van der Waals surface area (Å²) in [5, 5.41) is 3.39. The molecule has 0 saturated carbocycles. The number of nitrogens with zero attached hydrogens (tertiary/aromatic N) is 1. The molecule has 2 aromatic rings. The first-order valence-corrected chi connectivity index (χ1v) is 8.39. The number of hydrogen-bond acceptors (Lipinski definition) is 2. The maximum Gasteiger partial charge on any atom is 0.229 e. The van der Waals surface area contributed by atoms with Gasteiger partial charge in [-0.25, -0.2) is 4.39 Å². The quantitative estimate of drug-likeness (QED) is 0.902. The fourth-order valence-corrected chi connectivity index (χ4v) is 3.01. The molecule has 1 heterocycles. The molecule has 1 saturated heterocycles. The Balaban J connectivity index is 1.62. The molecule has 130 valence electrons. The Kier molecular flexibility index (Phi) is 5.04. The Bertz CT molecular complexity index is 808. The van der Waals surface area contributed by atoms with Gasteiger partial charge in [0.1, 0.15) is 5.82 Å². The summed E-state index contributed by atoms with van der Waals surface area (Å²) in [6, 6.07) is 11.3. The van der Waals surface area contributed by atoms with Gasteiger partial charge >= 0.3 is 0 Å². The molecule has 3 rings (SSSR count). The van der Waals surface area contributed by atoms with Crippen molar-refractivity contribution in [3.8, 4) is 0 Å². The predicted octanol–water partition coefficient (Wildman–Crippen LogP) is 3.77. The van der Waals surface area contributed by atoms with E-state index in [1.807, 2.05) is 13.0 Å². The Hall–Kier alpha value is -2.40. The summed E-state index contributed by atoms with van der Waals surface area (Å²) in [7, 11) is 0. The van der Waals surface area contributed by atoms with Gasteiger partial charge in [0.15, 0.2) is 0 Å². The second-order valence-corrected chi connectivity index (χ2v) is 6.66. The van der Waals surface area contributed by atoms with Crippen molar-refractivity contribution in [1.82, 2.24) is 4.90 Å². The van der Waals surface area contributed by atoms with E-state index in [1.54, 1.807) is 29.2 Å². The number of likely N-dealkylation sites (tertiary alicyclic amines) is 1. The van der Waals surface area contributed by atoms with Crippen LogP contribution in [0.2, 0.25) is 5.02 Å². The molecule has 0 bridgehead atoms. The lowest BCUT2D eigenvalue weighted by molar-refractivity contribution is -0.128. The van der Waals surface area contributed by atoms with Crippen molar-refractivity contribution in [3.05, 3.63) is 64.4 Å². The minimum atomic E-state index is -0.409. The number of halogens is 2. The summed E-state index contributed by atoms with van der Waals surface area (Å²) in [5.74, 6) is -1.00. The van der Waals surface area contributed by atoms with Crippen LogP contribution in [0.4, 0.5) is 10.1 Å². The topological polar surface area (TPSA) is 49.4 Å². The molecule has 25 heavy (non-hydrogen) atoms. The third-order valence-electron chi connectivity index (χ3n) is 4.31. The number of anilines is 1. The Morgan fingerprint density at radius 2 is 2.00 bits per heavy atom. The molecule has 4 nitrogen and oxygen atoms in total. The second-order valence-electron chi connectivity index (χ2n) is 6.25. The van der Waals surface area contributed by atoms with Crippen LogP contribution in [0.1, 0.15) is 17.5 Å². The first kappa shape index (κ1) is 17.4. The lowest BCUT2D eigenvalue weighted by atomic mass is 10.1. The van der Waals surface area contributed by atoms with Crippen LogP contribution >= 0.6 is 11.6 Å². The third-order valence-corrected chi connectivity index (χ3v) is 4.72. The number of hydrogen-bond donors (Lipinski definition) is 1. The van der Waals surface area contributed by atoms with Crippen LogP contribution in [0, 0.1) is 18.7 Å². The minimum absolute atomic E-state index is 0.0774. The van der Waals surface area contributed by atoms with E-state index in [4.69, 9.17) is 11.6 Å². The molecule has 1 fully saturated rings. The van der Waals surface area contributed by atoms with Gasteiger partial charge in [-0.1, -0.05) is 29.8 Å². The van der Waals surface area contributed by atoms with Gasteiger partial charge in [-0.3, -0.25) is 9.59 Å². The number of benzene rings is 2. The molecule has 1 unspecified atom stereocenters. The highest BCUT2D eigenvalue weighted by Crippen LogP contribution is 2.24. The zero-order chi connectivity index (χ0) is 18.0. The van der Waals surface area contributed by atoms with E-state index in [2.05, 4.69) is 5.32 Å². The molecule has 0 aromatic heterocycles. The van der Waals surface area contributed by atoms with E-state index in [9.17, 15) is 14.0 Å². The van der Waals surface area contributed by atoms with Crippen molar-refractivity contribution in [2.45, 2.75) is 19.9 Å². The van der Waals surface area contributed by atoms with Crippen molar-refractivity contribution in [1.29, 1.82) is 0 Å². The molecular weight excluding hydrogens is 343 g/mol. The van der Waals surface area contributed by atoms with Gasteiger partial charge in [0, 0.05) is 30.2 Å². The summed E-state index contributed by atoms with van der Waals surface area (Å²) in [4.78, 5) is 26.2. The van der Waals surface area contributed by atoms with Crippen LogP contribution in [0.3, 0.4) is 0 Å². The Labute approximate surface area is 150 Å². The van der Waals surface area contributed by atoms with E-state index in [-0.39, 0.29) is 24.1 Å². The van der Waals surface area contributed by atoms with Gasteiger partial charge < -0.3 is 10.2 Å². The predicted molar refractivity (Wildman–Crippen MR) is 94.7 cm³/mol. The summed E-state index contributed by atoms with van der Waals surface area (Å²) in [5.41, 5.74) is 2.38. The summed E-state index contributed by atoms with van der Waals surface area (Å²) < 4.78 is 13.0. The molecule has 6 heteroatoms. The van der Waals surface area contributed by atoms with E-state index in [1.165, 1.54) is 12.1 Å². The molecular formula is C19H18ClFN2O2. The van der Waals surface area contributed by atoms with Crippen LogP contribution in [0.25, 0.3) is 0 Å². The van der Waals surface area contributed by atoms with Crippen molar-refractivity contribution < 1.29 is 14.0 Å². The molecule has 0 aliphatic carbocycles. The zero-order valence-corrected chi connectivity index (χ0v) is 14.5. The Morgan fingerprint density at radius 3 is 2.68 bits per heavy atom. The van der Waals surface area contributed by atoms with Gasteiger partial charge in [0.05, 0.1) is 5.92 Å². The van der Waals surface area contributed by atoms with E-state index in [0.717, 1.165) is 11.1 Å². The molecule has 1 N–H and O–H groups in total. The first-order valence-electron chi connectivity index (χ1n) is 8.01. The van der Waals surface area contributed by atoms with Crippen molar-refractivity contribution in [3.63, 3.8) is 0 Å². The van der Waals surface area contributed by atoms with Crippen LogP contribution in [-0.2, 0) is 16.1 Å². The number of amides is 2. The Morgan fingerprint density at radius 1 is 1.28 bits per heavy atom. The van der Waals surface area contributed by atoms with Gasteiger partial charge in [-0.2, -0.15) is 0 Å². The number of rotatable bonds is 4. The third kappa shape index (κ3) is 4.17. The van der Waals surface area contributed by atoms with E-state index in [0.29, 0.717) is 23.8 Å². The van der Waals surface area contributed by atoms with Crippen molar-refractivity contribution >= 4 is 29.1 Å². The molecule has 2 aromatic carbocycles. The lowest BCUT2D eigenvalue weighted by Crippen LogP contribution is -2.28. The van der Waals surface area contributed by atoms with Crippen LogP contribution < -0.4 is 5.32 Å². The maximum absolute atomic E-state index is 13.0.